The Kier molecular flexibility index (Phi) is 10.5. The first-order valence-electron chi connectivity index (χ1n) is 9.81. The molecule has 0 fully saturated rings. The highest BCUT2D eigenvalue weighted by Gasteiger charge is 2.18. The van der Waals surface area contributed by atoms with Crippen LogP contribution in [-0.2, 0) is 9.47 Å². The lowest BCUT2D eigenvalue weighted by atomic mass is 10.2. The maximum atomic E-state index is 9.83. The van der Waals surface area contributed by atoms with E-state index in [1.807, 2.05) is 30.3 Å². The smallest absolute Gasteiger partial charge is 0.234 e. The molecule has 30 heavy (non-hydrogen) atoms. The molecule has 2 N–H and O–H groups in total. The van der Waals surface area contributed by atoms with Crippen molar-refractivity contribution in [3.8, 4) is 23.2 Å². The van der Waals surface area contributed by atoms with Crippen LogP contribution >= 0.6 is 0 Å². The third-order valence-corrected chi connectivity index (χ3v) is 4.04. The van der Waals surface area contributed by atoms with Gasteiger partial charge in [-0.1, -0.05) is 49.6 Å². The molecule has 9 nitrogen and oxygen atoms in total. The third-order valence-electron chi connectivity index (χ3n) is 4.04. The van der Waals surface area contributed by atoms with Crippen molar-refractivity contribution in [2.45, 2.75) is 26.7 Å². The second-order valence-electron chi connectivity index (χ2n) is 6.28. The van der Waals surface area contributed by atoms with E-state index in [9.17, 15) is 10.2 Å². The van der Waals surface area contributed by atoms with Gasteiger partial charge in [0.25, 0.3) is 0 Å². The first-order chi connectivity index (χ1) is 14.7. The Bertz CT molecular complexity index is 810. The van der Waals surface area contributed by atoms with Gasteiger partial charge in [0.15, 0.2) is 5.82 Å². The molecule has 1 heterocycles. The highest BCUT2D eigenvalue weighted by molar-refractivity contribution is 5.58. The van der Waals surface area contributed by atoms with E-state index < -0.39 is 0 Å². The summed E-state index contributed by atoms with van der Waals surface area (Å²) in [7, 11) is 0. The summed E-state index contributed by atoms with van der Waals surface area (Å²) in [6, 6.07) is 9.41. The van der Waals surface area contributed by atoms with Crippen molar-refractivity contribution in [1.82, 2.24) is 15.0 Å². The van der Waals surface area contributed by atoms with Gasteiger partial charge >= 0.3 is 0 Å². The first-order valence-corrected chi connectivity index (χ1v) is 9.81. The topological polar surface area (TPSA) is 104 Å². The molecule has 0 saturated carbocycles. The van der Waals surface area contributed by atoms with Crippen molar-refractivity contribution in [2.75, 3.05) is 49.9 Å². The number of aromatic nitrogens is 3. The van der Waals surface area contributed by atoms with Gasteiger partial charge in [0.05, 0.1) is 0 Å². The Morgan fingerprint density at radius 1 is 0.933 bits per heavy atom. The zero-order valence-corrected chi connectivity index (χ0v) is 17.5. The van der Waals surface area contributed by atoms with Crippen LogP contribution < -0.4 is 9.80 Å². The second-order valence-corrected chi connectivity index (χ2v) is 6.28. The van der Waals surface area contributed by atoms with Gasteiger partial charge in [-0.15, -0.1) is 5.92 Å². The van der Waals surface area contributed by atoms with Crippen LogP contribution in [0.25, 0.3) is 11.4 Å². The highest BCUT2D eigenvalue weighted by Crippen LogP contribution is 2.21. The minimum atomic E-state index is -0.358. The molecule has 1 aromatic carbocycles. The van der Waals surface area contributed by atoms with Crippen LogP contribution in [0.1, 0.15) is 26.7 Å². The predicted molar refractivity (Wildman–Crippen MR) is 114 cm³/mol. The molecule has 0 aliphatic heterocycles. The minimum Gasteiger partial charge on any atom is -0.376 e. The van der Waals surface area contributed by atoms with Crippen LogP contribution in [0.2, 0.25) is 0 Å². The molecular weight excluding hydrogens is 386 g/mol. The fourth-order valence-electron chi connectivity index (χ4n) is 2.38. The molecule has 0 aliphatic rings. The third kappa shape index (κ3) is 7.24. The maximum Gasteiger partial charge on any atom is 0.234 e. The van der Waals surface area contributed by atoms with E-state index in [0.717, 1.165) is 18.4 Å². The fourth-order valence-corrected chi connectivity index (χ4v) is 2.38. The van der Waals surface area contributed by atoms with Gasteiger partial charge in [0.2, 0.25) is 11.9 Å². The van der Waals surface area contributed by atoms with Crippen LogP contribution in [0.4, 0.5) is 11.9 Å². The molecule has 0 atom stereocenters. The summed E-state index contributed by atoms with van der Waals surface area (Å²) in [5, 5.41) is 19.6. The number of rotatable bonds is 13. The molecule has 0 amide bonds. The molecule has 0 aliphatic carbocycles. The molecule has 0 saturated heterocycles. The summed E-state index contributed by atoms with van der Waals surface area (Å²) in [5.74, 6) is 6.41. The first kappa shape index (κ1) is 23.5. The maximum absolute atomic E-state index is 9.83. The predicted octanol–water partition coefficient (Wildman–Crippen LogP) is 1.82. The molecule has 0 bridgehead atoms. The summed E-state index contributed by atoms with van der Waals surface area (Å²) in [6.07, 6.45) is 1.94. The largest absolute Gasteiger partial charge is 0.376 e. The number of hydrogen-bond donors (Lipinski definition) is 2. The van der Waals surface area contributed by atoms with Crippen LogP contribution in [0.3, 0.4) is 0 Å². The normalized spacial score (nSPS) is 10.4. The lowest BCUT2D eigenvalue weighted by Crippen LogP contribution is -2.33. The summed E-state index contributed by atoms with van der Waals surface area (Å²) in [6.45, 7) is 4.11. The molecule has 0 spiro atoms. The zero-order chi connectivity index (χ0) is 21.6. The van der Waals surface area contributed by atoms with Gasteiger partial charge in [0.1, 0.15) is 33.5 Å². The second kappa shape index (κ2) is 13.5. The Balaban J connectivity index is 2.32. The number of aliphatic hydroxyl groups excluding tert-OH is 2. The number of nitrogens with zero attached hydrogens (tertiary/aromatic N) is 5. The van der Waals surface area contributed by atoms with Gasteiger partial charge in [-0.05, 0) is 13.3 Å². The number of aliphatic hydroxyl groups is 2. The molecule has 9 heteroatoms. The van der Waals surface area contributed by atoms with E-state index in [2.05, 4.69) is 33.7 Å². The number of ether oxygens (including phenoxy) is 2. The van der Waals surface area contributed by atoms with Crippen LogP contribution in [-0.4, -0.2) is 65.3 Å². The standard InChI is InChI=1S/C21H29N5O4/c1-3-5-12-29-16-25(14-27)20-22-19(18-10-8-7-9-11-18)23-21(24-20)26(15-28)17-30-13-6-4-2/h7-11,27-28H,3,5,12-17H2,1-2H3. The SMILES string of the molecule is CC#CCOCN(CO)c1nc(-c2ccccc2)nc(N(CO)COCCCC)n1. The quantitative estimate of drug-likeness (QED) is 0.288. The van der Waals surface area contributed by atoms with Crippen molar-refractivity contribution in [3.63, 3.8) is 0 Å². The Morgan fingerprint density at radius 3 is 2.13 bits per heavy atom. The molecule has 0 radical (unpaired) electrons. The van der Waals surface area contributed by atoms with Crippen molar-refractivity contribution in [1.29, 1.82) is 0 Å². The summed E-state index contributed by atoms with van der Waals surface area (Å²) < 4.78 is 11.1. The highest BCUT2D eigenvalue weighted by atomic mass is 16.5. The van der Waals surface area contributed by atoms with Gasteiger partial charge in [-0.3, -0.25) is 9.80 Å². The summed E-state index contributed by atoms with van der Waals surface area (Å²) in [5.41, 5.74) is 0.780. The van der Waals surface area contributed by atoms with Crippen molar-refractivity contribution < 1.29 is 19.7 Å². The Morgan fingerprint density at radius 2 is 1.57 bits per heavy atom. The lowest BCUT2D eigenvalue weighted by molar-refractivity contribution is 0.114. The van der Waals surface area contributed by atoms with Gasteiger partial charge in [-0.25, -0.2) is 0 Å². The van der Waals surface area contributed by atoms with E-state index in [0.29, 0.717) is 12.4 Å². The number of unbranched alkanes of at least 4 members (excludes halogenated alkanes) is 1. The molecule has 2 aromatic rings. The van der Waals surface area contributed by atoms with Crippen molar-refractivity contribution in [3.05, 3.63) is 30.3 Å². The molecular formula is C21H29N5O4. The number of hydrogen-bond acceptors (Lipinski definition) is 9. The number of anilines is 2. The Labute approximate surface area is 177 Å². The van der Waals surface area contributed by atoms with Crippen LogP contribution in [0, 0.1) is 11.8 Å². The van der Waals surface area contributed by atoms with E-state index in [1.54, 1.807) is 6.92 Å². The monoisotopic (exact) mass is 415 g/mol. The van der Waals surface area contributed by atoms with E-state index in [4.69, 9.17) is 9.47 Å². The average Bonchev–Trinajstić information content (AvgIpc) is 2.79. The Hall–Kier alpha value is -2.77. The van der Waals surface area contributed by atoms with Gasteiger partial charge in [0, 0.05) is 12.2 Å². The molecule has 2 rings (SSSR count). The zero-order valence-electron chi connectivity index (χ0n) is 17.5. The molecule has 0 unspecified atom stereocenters. The van der Waals surface area contributed by atoms with E-state index in [1.165, 1.54) is 9.80 Å². The fraction of sp³-hybridized carbons (Fsp3) is 0.476. The molecule has 1 aromatic heterocycles. The van der Waals surface area contributed by atoms with Gasteiger partial charge in [-0.2, -0.15) is 15.0 Å². The summed E-state index contributed by atoms with van der Waals surface area (Å²) in [4.78, 5) is 16.3. The van der Waals surface area contributed by atoms with E-state index in [-0.39, 0.29) is 45.4 Å². The minimum absolute atomic E-state index is 0.0506. The summed E-state index contributed by atoms with van der Waals surface area (Å²) >= 11 is 0. The van der Waals surface area contributed by atoms with Crippen LogP contribution in [0.5, 0.6) is 0 Å². The molecule has 162 valence electrons. The van der Waals surface area contributed by atoms with Crippen molar-refractivity contribution in [2.24, 2.45) is 0 Å². The van der Waals surface area contributed by atoms with Crippen LogP contribution in [0.15, 0.2) is 30.3 Å². The number of benzene rings is 1. The average molecular weight is 415 g/mol. The lowest BCUT2D eigenvalue weighted by Gasteiger charge is -2.24. The van der Waals surface area contributed by atoms with Crippen molar-refractivity contribution >= 4 is 11.9 Å². The van der Waals surface area contributed by atoms with E-state index >= 15 is 0 Å². The van der Waals surface area contributed by atoms with Gasteiger partial charge < -0.3 is 19.7 Å².